The molecule has 2 aromatic rings. The van der Waals surface area contributed by atoms with Gasteiger partial charge in [0.15, 0.2) is 0 Å². The van der Waals surface area contributed by atoms with Gasteiger partial charge < -0.3 is 5.32 Å². The lowest BCUT2D eigenvalue weighted by molar-refractivity contribution is -0.116. The molecule has 0 heterocycles. The highest BCUT2D eigenvalue weighted by Crippen LogP contribution is 2.22. The van der Waals surface area contributed by atoms with Crippen molar-refractivity contribution < 1.29 is 13.2 Å². The van der Waals surface area contributed by atoms with Crippen molar-refractivity contribution in [2.24, 2.45) is 0 Å². The number of carbonyl (C=O) groups excluding carboxylic acids is 1. The first-order valence-corrected chi connectivity index (χ1v) is 10.8. The molecule has 0 aliphatic carbocycles. The second-order valence-corrected chi connectivity index (χ2v) is 9.06. The Morgan fingerprint density at radius 2 is 1.88 bits per heavy atom. The van der Waals surface area contributed by atoms with Gasteiger partial charge in [0, 0.05) is 27.2 Å². The number of hydrogen-bond acceptors (Lipinski definition) is 3. The quantitative estimate of drug-likeness (QED) is 0.591. The average molecular weight is 493 g/mol. The summed E-state index contributed by atoms with van der Waals surface area (Å²) in [6.45, 7) is 0.208. The second-order valence-electron chi connectivity index (χ2n) is 5.47. The van der Waals surface area contributed by atoms with Crippen molar-refractivity contribution in [1.29, 1.82) is 0 Å². The Bertz CT molecular complexity index is 841. The van der Waals surface area contributed by atoms with Crippen LogP contribution in [0.3, 0.4) is 0 Å². The van der Waals surface area contributed by atoms with E-state index in [1.54, 1.807) is 24.3 Å². The van der Waals surface area contributed by atoms with Crippen LogP contribution in [0, 0.1) is 3.57 Å². The van der Waals surface area contributed by atoms with Crippen molar-refractivity contribution in [2.75, 3.05) is 22.4 Å². The van der Waals surface area contributed by atoms with E-state index in [4.69, 9.17) is 11.6 Å². The second kappa shape index (κ2) is 8.86. The maximum atomic E-state index is 12.0. The van der Waals surface area contributed by atoms with Gasteiger partial charge in [-0.15, -0.1) is 0 Å². The molecule has 0 spiro atoms. The lowest BCUT2D eigenvalue weighted by Crippen LogP contribution is -2.31. The summed E-state index contributed by atoms with van der Waals surface area (Å²) < 4.78 is 26.4. The molecule has 1 amide bonds. The predicted molar refractivity (Wildman–Crippen MR) is 111 cm³/mol. The Morgan fingerprint density at radius 1 is 1.20 bits per heavy atom. The van der Waals surface area contributed by atoms with Crippen LogP contribution in [0.15, 0.2) is 48.5 Å². The fourth-order valence-electron chi connectivity index (χ4n) is 2.26. The Hall–Kier alpha value is -1.32. The molecule has 0 bridgehead atoms. The molecule has 25 heavy (non-hydrogen) atoms. The summed E-state index contributed by atoms with van der Waals surface area (Å²) in [7, 11) is -3.45. The van der Waals surface area contributed by atoms with Gasteiger partial charge in [-0.25, -0.2) is 8.42 Å². The lowest BCUT2D eigenvalue weighted by Gasteiger charge is -2.22. The molecule has 0 aromatic heterocycles. The first-order chi connectivity index (χ1) is 11.8. The van der Waals surface area contributed by atoms with Crippen LogP contribution in [-0.2, 0) is 14.8 Å². The van der Waals surface area contributed by atoms with Crippen LogP contribution in [-0.4, -0.2) is 27.1 Å². The van der Waals surface area contributed by atoms with E-state index in [2.05, 4.69) is 27.9 Å². The van der Waals surface area contributed by atoms with Crippen molar-refractivity contribution in [3.63, 3.8) is 0 Å². The first kappa shape index (κ1) is 20.0. The summed E-state index contributed by atoms with van der Waals surface area (Å²) in [6, 6.07) is 14.1. The predicted octanol–water partition coefficient (Wildman–Crippen LogP) is 4.13. The van der Waals surface area contributed by atoms with E-state index >= 15 is 0 Å². The number of halogens is 2. The van der Waals surface area contributed by atoms with E-state index in [9.17, 15) is 13.2 Å². The van der Waals surface area contributed by atoms with Gasteiger partial charge in [-0.3, -0.25) is 9.10 Å². The van der Waals surface area contributed by atoms with Crippen molar-refractivity contribution in [1.82, 2.24) is 0 Å². The van der Waals surface area contributed by atoms with E-state index in [0.29, 0.717) is 17.1 Å². The molecule has 0 fully saturated rings. The van der Waals surface area contributed by atoms with Crippen LogP contribution in [0.25, 0.3) is 0 Å². The van der Waals surface area contributed by atoms with Crippen LogP contribution in [0.1, 0.15) is 12.8 Å². The molecule has 1 N–H and O–H groups in total. The minimum Gasteiger partial charge on any atom is -0.326 e. The molecule has 5 nitrogen and oxygen atoms in total. The first-order valence-electron chi connectivity index (χ1n) is 7.54. The monoisotopic (exact) mass is 492 g/mol. The summed E-state index contributed by atoms with van der Waals surface area (Å²) in [6.07, 6.45) is 1.76. The fourth-order valence-corrected chi connectivity index (χ4v) is 3.76. The number of carbonyl (C=O) groups is 1. The van der Waals surface area contributed by atoms with Crippen LogP contribution < -0.4 is 9.62 Å². The number of rotatable bonds is 7. The molecule has 0 saturated heterocycles. The molecular formula is C17H18ClIN2O3S. The van der Waals surface area contributed by atoms with E-state index in [-0.39, 0.29) is 18.9 Å². The third-order valence-electron chi connectivity index (χ3n) is 3.39. The Labute approximate surface area is 166 Å². The maximum Gasteiger partial charge on any atom is 0.232 e. The summed E-state index contributed by atoms with van der Waals surface area (Å²) in [5, 5.41) is 3.26. The van der Waals surface area contributed by atoms with E-state index in [1.165, 1.54) is 4.31 Å². The zero-order valence-corrected chi connectivity index (χ0v) is 17.3. The van der Waals surface area contributed by atoms with Gasteiger partial charge in [-0.1, -0.05) is 17.7 Å². The topological polar surface area (TPSA) is 66.5 Å². The number of benzene rings is 2. The van der Waals surface area contributed by atoms with Crippen LogP contribution in [0.2, 0.25) is 5.02 Å². The number of nitrogens with one attached hydrogen (secondary N) is 1. The number of amides is 1. The maximum absolute atomic E-state index is 12.0. The number of nitrogens with zero attached hydrogens (tertiary/aromatic N) is 1. The third-order valence-corrected chi connectivity index (χ3v) is 5.54. The van der Waals surface area contributed by atoms with Gasteiger partial charge in [0.05, 0.1) is 11.9 Å². The highest BCUT2D eigenvalue weighted by molar-refractivity contribution is 14.1. The minimum atomic E-state index is -3.45. The summed E-state index contributed by atoms with van der Waals surface area (Å²) >= 11 is 8.13. The van der Waals surface area contributed by atoms with Gasteiger partial charge in [0.2, 0.25) is 15.9 Å². The van der Waals surface area contributed by atoms with Gasteiger partial charge in [-0.2, -0.15) is 0 Å². The molecule has 0 aliphatic heterocycles. The SMILES string of the molecule is CS(=O)(=O)N(CCCC(=O)Nc1ccc(I)cc1)c1cccc(Cl)c1. The summed E-state index contributed by atoms with van der Waals surface area (Å²) in [4.78, 5) is 12.0. The molecule has 134 valence electrons. The molecule has 0 radical (unpaired) electrons. The molecule has 0 aliphatic rings. The molecule has 8 heteroatoms. The van der Waals surface area contributed by atoms with Gasteiger partial charge >= 0.3 is 0 Å². The lowest BCUT2D eigenvalue weighted by atomic mass is 10.2. The summed E-state index contributed by atoms with van der Waals surface area (Å²) in [5.74, 6) is -0.152. The Morgan fingerprint density at radius 3 is 2.48 bits per heavy atom. The smallest absolute Gasteiger partial charge is 0.232 e. The Balaban J connectivity index is 1.95. The van der Waals surface area contributed by atoms with Crippen molar-refractivity contribution >= 4 is 61.5 Å². The Kier molecular flexibility index (Phi) is 7.09. The zero-order chi connectivity index (χ0) is 18.4. The van der Waals surface area contributed by atoms with Crippen molar-refractivity contribution in [3.05, 3.63) is 57.1 Å². The zero-order valence-electron chi connectivity index (χ0n) is 13.6. The van der Waals surface area contributed by atoms with Gasteiger partial charge in [0.25, 0.3) is 0 Å². The van der Waals surface area contributed by atoms with Gasteiger partial charge in [0.1, 0.15) is 0 Å². The van der Waals surface area contributed by atoms with Crippen LogP contribution >= 0.6 is 34.2 Å². The standard InChI is InChI=1S/C17H18ClIN2O3S/c1-25(23,24)21(16-5-2-4-13(18)12-16)11-3-6-17(22)20-15-9-7-14(19)8-10-15/h2,4-5,7-10,12H,3,6,11H2,1H3,(H,20,22). The fraction of sp³-hybridized carbons (Fsp3) is 0.235. The molecule has 0 saturated carbocycles. The summed E-state index contributed by atoms with van der Waals surface area (Å²) in [5.41, 5.74) is 1.22. The normalized spacial score (nSPS) is 11.2. The molecule has 2 rings (SSSR count). The molecule has 2 aromatic carbocycles. The van der Waals surface area contributed by atoms with Crippen LogP contribution in [0.5, 0.6) is 0 Å². The highest BCUT2D eigenvalue weighted by Gasteiger charge is 2.17. The average Bonchev–Trinajstić information content (AvgIpc) is 2.52. The van der Waals surface area contributed by atoms with Gasteiger partial charge in [-0.05, 0) is 71.5 Å². The minimum absolute atomic E-state index is 0.152. The van der Waals surface area contributed by atoms with E-state index in [1.807, 2.05) is 24.3 Å². The molecule has 0 atom stereocenters. The van der Waals surface area contributed by atoms with Crippen molar-refractivity contribution in [3.8, 4) is 0 Å². The van der Waals surface area contributed by atoms with E-state index < -0.39 is 10.0 Å². The van der Waals surface area contributed by atoms with Crippen molar-refractivity contribution in [2.45, 2.75) is 12.8 Å². The van der Waals surface area contributed by atoms with Crippen LogP contribution in [0.4, 0.5) is 11.4 Å². The van der Waals surface area contributed by atoms with E-state index in [0.717, 1.165) is 15.5 Å². The largest absolute Gasteiger partial charge is 0.326 e. The number of anilines is 2. The highest BCUT2D eigenvalue weighted by atomic mass is 127. The number of sulfonamides is 1. The third kappa shape index (κ3) is 6.48. The molecular weight excluding hydrogens is 475 g/mol. The molecule has 0 unspecified atom stereocenters. The number of hydrogen-bond donors (Lipinski definition) is 1.